The van der Waals surface area contributed by atoms with Crippen LogP contribution >= 0.6 is 0 Å². The normalized spacial score (nSPS) is 11.3. The minimum Gasteiger partial charge on any atom is -0.404 e. The molecular formula is C17H11F3N2O2. The van der Waals surface area contributed by atoms with E-state index in [4.69, 9.17) is 4.74 Å². The van der Waals surface area contributed by atoms with Crippen LogP contribution in [-0.2, 0) is 6.18 Å². The summed E-state index contributed by atoms with van der Waals surface area (Å²) in [7, 11) is 0. The third-order valence-corrected chi connectivity index (χ3v) is 3.17. The minimum atomic E-state index is -4.64. The minimum absolute atomic E-state index is 0.229. The molecule has 0 spiro atoms. The van der Waals surface area contributed by atoms with Crippen molar-refractivity contribution >= 4 is 5.97 Å². The van der Waals surface area contributed by atoms with Gasteiger partial charge < -0.3 is 4.74 Å². The fourth-order valence-electron chi connectivity index (χ4n) is 2.06. The topological polar surface area (TPSA) is 44.1 Å². The largest absolute Gasteiger partial charge is 0.435 e. The van der Waals surface area contributed by atoms with Crippen molar-refractivity contribution in [3.63, 3.8) is 0 Å². The number of carbonyl (C=O) groups is 1. The molecule has 1 aromatic heterocycles. The standard InChI is InChI=1S/C17H11F3N2O2/c18-17(19,20)14-11-15(22(21-14)13-9-5-2-6-10-13)24-16(23)12-7-3-1-4-8-12/h1-11H. The Morgan fingerprint density at radius 1 is 0.958 bits per heavy atom. The lowest BCUT2D eigenvalue weighted by Gasteiger charge is -2.07. The predicted octanol–water partition coefficient (Wildman–Crippen LogP) is 4.11. The maximum atomic E-state index is 12.9. The summed E-state index contributed by atoms with van der Waals surface area (Å²) >= 11 is 0. The molecule has 3 aromatic rings. The second-order valence-corrected chi connectivity index (χ2v) is 4.87. The van der Waals surface area contributed by atoms with E-state index in [-0.39, 0.29) is 11.4 Å². The van der Waals surface area contributed by atoms with Gasteiger partial charge in [-0.25, -0.2) is 9.48 Å². The van der Waals surface area contributed by atoms with Crippen LogP contribution in [0.4, 0.5) is 13.2 Å². The molecule has 0 radical (unpaired) electrons. The molecule has 3 rings (SSSR count). The van der Waals surface area contributed by atoms with E-state index >= 15 is 0 Å². The van der Waals surface area contributed by atoms with Gasteiger partial charge in [0.05, 0.1) is 11.3 Å². The molecule has 0 amide bonds. The zero-order valence-corrected chi connectivity index (χ0v) is 12.2. The highest BCUT2D eigenvalue weighted by Gasteiger charge is 2.36. The van der Waals surface area contributed by atoms with Gasteiger partial charge in [-0.3, -0.25) is 0 Å². The van der Waals surface area contributed by atoms with Crippen molar-refractivity contribution in [3.8, 4) is 11.6 Å². The maximum absolute atomic E-state index is 12.9. The molecule has 0 aliphatic heterocycles. The third-order valence-electron chi connectivity index (χ3n) is 3.17. The molecule has 2 aromatic carbocycles. The van der Waals surface area contributed by atoms with Gasteiger partial charge in [0.2, 0.25) is 5.88 Å². The van der Waals surface area contributed by atoms with Gasteiger partial charge in [0.15, 0.2) is 5.69 Å². The fraction of sp³-hybridized carbons (Fsp3) is 0.0588. The number of ether oxygens (including phenoxy) is 1. The van der Waals surface area contributed by atoms with Crippen molar-refractivity contribution < 1.29 is 22.7 Å². The zero-order chi connectivity index (χ0) is 17.2. The van der Waals surface area contributed by atoms with E-state index in [1.54, 1.807) is 48.5 Å². The van der Waals surface area contributed by atoms with Crippen molar-refractivity contribution in [2.24, 2.45) is 0 Å². The smallest absolute Gasteiger partial charge is 0.404 e. The first-order chi connectivity index (χ1) is 11.4. The number of hydrogen-bond acceptors (Lipinski definition) is 3. The average Bonchev–Trinajstić information content (AvgIpc) is 3.00. The Labute approximate surface area is 135 Å². The number of alkyl halides is 3. The van der Waals surface area contributed by atoms with Crippen molar-refractivity contribution in [1.82, 2.24) is 9.78 Å². The van der Waals surface area contributed by atoms with Crippen LogP contribution < -0.4 is 4.74 Å². The summed E-state index contributed by atoms with van der Waals surface area (Å²) in [5.41, 5.74) is -0.557. The van der Waals surface area contributed by atoms with Crippen LogP contribution in [0.1, 0.15) is 16.1 Å². The quantitative estimate of drug-likeness (QED) is 0.678. The summed E-state index contributed by atoms with van der Waals surface area (Å²) in [4.78, 5) is 12.1. The van der Waals surface area contributed by atoms with Gasteiger partial charge in [0, 0.05) is 6.07 Å². The highest BCUT2D eigenvalue weighted by atomic mass is 19.4. The van der Waals surface area contributed by atoms with Gasteiger partial charge in [-0.1, -0.05) is 36.4 Å². The first kappa shape index (κ1) is 15.8. The lowest BCUT2D eigenvalue weighted by atomic mass is 10.2. The Hall–Kier alpha value is -3.09. The van der Waals surface area contributed by atoms with Crippen molar-refractivity contribution in [3.05, 3.63) is 78.0 Å². The van der Waals surface area contributed by atoms with E-state index < -0.39 is 17.8 Å². The van der Waals surface area contributed by atoms with E-state index in [9.17, 15) is 18.0 Å². The predicted molar refractivity (Wildman–Crippen MR) is 80.0 cm³/mol. The molecule has 0 aliphatic carbocycles. The maximum Gasteiger partial charge on any atom is 0.435 e. The number of para-hydroxylation sites is 1. The first-order valence-electron chi connectivity index (χ1n) is 6.95. The van der Waals surface area contributed by atoms with E-state index in [1.807, 2.05) is 0 Å². The number of hydrogen-bond donors (Lipinski definition) is 0. The van der Waals surface area contributed by atoms with E-state index in [0.717, 1.165) is 4.68 Å². The second kappa shape index (κ2) is 6.19. The summed E-state index contributed by atoms with van der Waals surface area (Å²) in [5.74, 6) is -1.07. The van der Waals surface area contributed by atoms with Crippen LogP contribution in [0.2, 0.25) is 0 Å². The molecule has 0 N–H and O–H groups in total. The van der Waals surface area contributed by atoms with Crippen LogP contribution in [-0.4, -0.2) is 15.7 Å². The zero-order valence-electron chi connectivity index (χ0n) is 12.2. The molecule has 7 heteroatoms. The molecule has 1 heterocycles. The number of carbonyl (C=O) groups excluding carboxylic acids is 1. The van der Waals surface area contributed by atoms with E-state index in [1.165, 1.54) is 12.1 Å². The molecule has 0 aliphatic rings. The second-order valence-electron chi connectivity index (χ2n) is 4.87. The molecule has 0 atom stereocenters. The highest BCUT2D eigenvalue weighted by molar-refractivity contribution is 5.90. The van der Waals surface area contributed by atoms with Gasteiger partial charge in [-0.15, -0.1) is 0 Å². The van der Waals surface area contributed by atoms with Crippen LogP contribution in [0.3, 0.4) is 0 Å². The number of aromatic nitrogens is 2. The Morgan fingerprint density at radius 3 is 2.12 bits per heavy atom. The summed E-state index contributed by atoms with van der Waals surface area (Å²) in [5, 5.41) is 3.51. The summed E-state index contributed by atoms with van der Waals surface area (Å²) in [6.07, 6.45) is -4.64. The summed E-state index contributed by atoms with van der Waals surface area (Å²) in [6, 6.07) is 16.8. The van der Waals surface area contributed by atoms with Crippen molar-refractivity contribution in [2.45, 2.75) is 6.18 Å². The molecule has 24 heavy (non-hydrogen) atoms. The molecule has 0 saturated heterocycles. The Bertz CT molecular complexity index is 843. The number of esters is 1. The van der Waals surface area contributed by atoms with Crippen LogP contribution in [0.5, 0.6) is 5.88 Å². The average molecular weight is 332 g/mol. The molecular weight excluding hydrogens is 321 g/mol. The van der Waals surface area contributed by atoms with Crippen LogP contribution in [0.25, 0.3) is 5.69 Å². The SMILES string of the molecule is O=C(Oc1cc(C(F)(F)F)nn1-c1ccccc1)c1ccccc1. The van der Waals surface area contributed by atoms with Gasteiger partial charge in [-0.05, 0) is 24.3 Å². The number of rotatable bonds is 3. The first-order valence-corrected chi connectivity index (χ1v) is 6.95. The molecule has 0 fully saturated rings. The van der Waals surface area contributed by atoms with Gasteiger partial charge in [0.1, 0.15) is 0 Å². The van der Waals surface area contributed by atoms with Gasteiger partial charge in [-0.2, -0.15) is 18.3 Å². The number of nitrogens with zero attached hydrogens (tertiary/aromatic N) is 2. The van der Waals surface area contributed by atoms with Crippen LogP contribution in [0, 0.1) is 0 Å². The Balaban J connectivity index is 2.00. The van der Waals surface area contributed by atoms with Crippen molar-refractivity contribution in [2.75, 3.05) is 0 Å². The van der Waals surface area contributed by atoms with Crippen LogP contribution in [0.15, 0.2) is 66.7 Å². The van der Waals surface area contributed by atoms with Crippen molar-refractivity contribution in [1.29, 1.82) is 0 Å². The molecule has 4 nitrogen and oxygen atoms in total. The monoisotopic (exact) mass is 332 g/mol. The number of halogens is 3. The van der Waals surface area contributed by atoms with Gasteiger partial charge in [0.25, 0.3) is 0 Å². The van der Waals surface area contributed by atoms with E-state index in [0.29, 0.717) is 11.8 Å². The third kappa shape index (κ3) is 3.29. The summed E-state index contributed by atoms with van der Waals surface area (Å²) in [6.45, 7) is 0. The number of benzene rings is 2. The van der Waals surface area contributed by atoms with Gasteiger partial charge >= 0.3 is 12.1 Å². The summed E-state index contributed by atoms with van der Waals surface area (Å²) < 4.78 is 44.9. The lowest BCUT2D eigenvalue weighted by Crippen LogP contribution is -2.11. The fourth-order valence-corrected chi connectivity index (χ4v) is 2.06. The molecule has 0 saturated carbocycles. The Kier molecular flexibility index (Phi) is 4.07. The van der Waals surface area contributed by atoms with E-state index in [2.05, 4.69) is 5.10 Å². The Morgan fingerprint density at radius 2 is 1.54 bits per heavy atom. The molecule has 122 valence electrons. The lowest BCUT2D eigenvalue weighted by molar-refractivity contribution is -0.141. The molecule has 0 bridgehead atoms. The molecule has 0 unspecified atom stereocenters. The highest BCUT2D eigenvalue weighted by Crippen LogP contribution is 2.32.